The molecule has 0 aliphatic carbocycles. The maximum atomic E-state index is 5.37. The second-order valence-electron chi connectivity index (χ2n) is 5.35. The number of H-pyrrole nitrogens is 1. The minimum Gasteiger partial charge on any atom is -0.493 e. The van der Waals surface area contributed by atoms with Crippen molar-refractivity contribution in [3.63, 3.8) is 0 Å². The largest absolute Gasteiger partial charge is 0.493 e. The third-order valence-corrected chi connectivity index (χ3v) is 4.11. The lowest BCUT2D eigenvalue weighted by atomic mass is 10.2. The van der Waals surface area contributed by atoms with Gasteiger partial charge >= 0.3 is 0 Å². The topological polar surface area (TPSA) is 52.1 Å². The molecule has 0 bridgehead atoms. The molecule has 0 fully saturated rings. The van der Waals surface area contributed by atoms with Crippen LogP contribution < -0.4 is 9.47 Å². The van der Waals surface area contributed by atoms with Crippen LogP contribution in [0.15, 0.2) is 54.6 Å². The summed E-state index contributed by atoms with van der Waals surface area (Å²) in [7, 11) is 3.23. The minimum atomic E-state index is 0.572. The van der Waals surface area contributed by atoms with Crippen molar-refractivity contribution in [1.29, 1.82) is 0 Å². The zero-order valence-electron chi connectivity index (χ0n) is 14.1. The molecule has 3 aromatic rings. The molecule has 0 amide bonds. The lowest BCUT2D eigenvalue weighted by Gasteiger charge is -2.10. The Hall–Kier alpha value is -2.86. The van der Waals surface area contributed by atoms with Gasteiger partial charge in [0.1, 0.15) is 0 Å². The highest BCUT2D eigenvalue weighted by Gasteiger charge is 2.11. The Labute approximate surface area is 151 Å². The molecule has 1 heterocycles. The summed E-state index contributed by atoms with van der Waals surface area (Å²) in [6, 6.07) is 15.8. The summed E-state index contributed by atoms with van der Waals surface area (Å²) in [5.74, 6) is 2.08. The van der Waals surface area contributed by atoms with E-state index in [1.165, 1.54) is 0 Å². The van der Waals surface area contributed by atoms with E-state index in [0.29, 0.717) is 22.8 Å². The van der Waals surface area contributed by atoms with E-state index in [1.807, 2.05) is 41.0 Å². The van der Waals surface area contributed by atoms with Crippen molar-refractivity contribution >= 4 is 18.3 Å². The fourth-order valence-corrected chi connectivity index (χ4v) is 2.75. The molecule has 0 aliphatic rings. The predicted octanol–water partition coefficient (Wildman–Crippen LogP) is 4.34. The number of aromatic nitrogens is 3. The number of nitrogens with one attached hydrogen (secondary N) is 1. The van der Waals surface area contributed by atoms with Crippen molar-refractivity contribution in [2.24, 2.45) is 0 Å². The van der Waals surface area contributed by atoms with E-state index in [2.05, 4.69) is 34.5 Å². The molecule has 0 aliphatic heterocycles. The molecule has 0 unspecified atom stereocenters. The molecule has 2 aromatic carbocycles. The summed E-state index contributed by atoms with van der Waals surface area (Å²) in [5, 5.41) is 7.22. The van der Waals surface area contributed by atoms with E-state index >= 15 is 0 Å². The zero-order chi connectivity index (χ0) is 17.6. The first-order chi connectivity index (χ1) is 12.2. The Morgan fingerprint density at radius 3 is 2.56 bits per heavy atom. The van der Waals surface area contributed by atoms with Crippen LogP contribution in [0.2, 0.25) is 0 Å². The van der Waals surface area contributed by atoms with E-state index in [9.17, 15) is 0 Å². The smallest absolute Gasteiger partial charge is 0.195 e. The van der Waals surface area contributed by atoms with Crippen LogP contribution in [0.1, 0.15) is 5.56 Å². The van der Waals surface area contributed by atoms with Crippen LogP contribution in [0.5, 0.6) is 11.5 Å². The minimum absolute atomic E-state index is 0.572. The van der Waals surface area contributed by atoms with Crippen molar-refractivity contribution in [3.05, 3.63) is 64.9 Å². The lowest BCUT2D eigenvalue weighted by Crippen LogP contribution is -1.99. The first-order valence-corrected chi connectivity index (χ1v) is 8.23. The van der Waals surface area contributed by atoms with Crippen LogP contribution in [0.25, 0.3) is 17.5 Å². The Morgan fingerprint density at radius 2 is 1.84 bits per heavy atom. The number of methoxy groups -OCH3 is 2. The van der Waals surface area contributed by atoms with Crippen LogP contribution >= 0.6 is 12.2 Å². The summed E-state index contributed by atoms with van der Waals surface area (Å²) in [5.41, 5.74) is 2.04. The Bertz CT molecular complexity index is 929. The quantitative estimate of drug-likeness (QED) is 0.670. The summed E-state index contributed by atoms with van der Waals surface area (Å²) < 4.78 is 13.2. The van der Waals surface area contributed by atoms with E-state index in [0.717, 1.165) is 17.0 Å². The molecule has 0 spiro atoms. The fourth-order valence-electron chi connectivity index (χ4n) is 2.54. The number of hydrogen-bond acceptors (Lipinski definition) is 4. The highest BCUT2D eigenvalue weighted by atomic mass is 32.1. The molecule has 1 N–H and O–H groups in total. The molecule has 128 valence electrons. The van der Waals surface area contributed by atoms with Crippen molar-refractivity contribution in [3.8, 4) is 22.9 Å². The van der Waals surface area contributed by atoms with Gasteiger partial charge in [-0.15, -0.1) is 0 Å². The number of ether oxygens (including phenoxy) is 2. The molecule has 5 nitrogen and oxygen atoms in total. The van der Waals surface area contributed by atoms with Gasteiger partial charge in [0.25, 0.3) is 0 Å². The number of hydrogen-bond donors (Lipinski definition) is 1. The third kappa shape index (κ3) is 3.80. The lowest BCUT2D eigenvalue weighted by molar-refractivity contribution is 0.355. The Morgan fingerprint density at radius 1 is 1.08 bits per heavy atom. The SMILES string of the molecule is COc1ccc(-c2n[nH]c(=S)n2C/C=C/c2ccccc2)cc1OC. The number of nitrogens with zero attached hydrogens (tertiary/aromatic N) is 2. The monoisotopic (exact) mass is 353 g/mol. The maximum Gasteiger partial charge on any atom is 0.195 e. The summed E-state index contributed by atoms with van der Waals surface area (Å²) in [6.07, 6.45) is 4.12. The van der Waals surface area contributed by atoms with Crippen molar-refractivity contribution in [2.75, 3.05) is 14.2 Å². The average molecular weight is 353 g/mol. The molecule has 6 heteroatoms. The van der Waals surface area contributed by atoms with Gasteiger partial charge in [-0.2, -0.15) is 5.10 Å². The fraction of sp³-hybridized carbons (Fsp3) is 0.158. The molecule has 1 aromatic heterocycles. The average Bonchev–Trinajstić information content (AvgIpc) is 3.02. The van der Waals surface area contributed by atoms with Crippen LogP contribution in [0, 0.1) is 4.77 Å². The third-order valence-electron chi connectivity index (χ3n) is 3.80. The molecule has 3 rings (SSSR count). The molecule has 0 saturated carbocycles. The summed E-state index contributed by atoms with van der Waals surface area (Å²) in [6.45, 7) is 0.619. The first kappa shape index (κ1) is 17.0. The standard InChI is InChI=1S/C19H19N3O2S/c1-23-16-11-10-15(13-17(16)24-2)18-20-21-19(25)22(18)12-6-9-14-7-4-3-5-8-14/h3-11,13H,12H2,1-2H3,(H,21,25)/b9-6+. The van der Waals surface area contributed by atoms with Gasteiger partial charge in [0.15, 0.2) is 22.1 Å². The van der Waals surface area contributed by atoms with Gasteiger partial charge in [0, 0.05) is 12.1 Å². The number of rotatable bonds is 6. The molecular weight excluding hydrogens is 334 g/mol. The number of aromatic amines is 1. The first-order valence-electron chi connectivity index (χ1n) is 7.82. The summed E-state index contributed by atoms with van der Waals surface area (Å²) in [4.78, 5) is 0. The second-order valence-corrected chi connectivity index (χ2v) is 5.73. The van der Waals surface area contributed by atoms with Gasteiger partial charge in [-0.05, 0) is 36.0 Å². The van der Waals surface area contributed by atoms with Crippen LogP contribution in [0.4, 0.5) is 0 Å². The normalized spacial score (nSPS) is 11.0. The Kier molecular flexibility index (Phi) is 5.30. The van der Waals surface area contributed by atoms with E-state index in [1.54, 1.807) is 14.2 Å². The molecule has 0 atom stereocenters. The Balaban J connectivity index is 1.89. The van der Waals surface area contributed by atoms with E-state index in [4.69, 9.17) is 21.7 Å². The van der Waals surface area contributed by atoms with Gasteiger partial charge in [-0.25, -0.2) is 0 Å². The number of allylic oxidation sites excluding steroid dienone is 1. The molecule has 25 heavy (non-hydrogen) atoms. The van der Waals surface area contributed by atoms with Gasteiger partial charge in [0.2, 0.25) is 0 Å². The van der Waals surface area contributed by atoms with Crippen LogP contribution in [-0.2, 0) is 6.54 Å². The highest BCUT2D eigenvalue weighted by Crippen LogP contribution is 2.31. The number of benzene rings is 2. The maximum absolute atomic E-state index is 5.37. The second kappa shape index (κ2) is 7.81. The van der Waals surface area contributed by atoms with E-state index in [-0.39, 0.29) is 0 Å². The van der Waals surface area contributed by atoms with Gasteiger partial charge in [-0.3, -0.25) is 9.67 Å². The zero-order valence-corrected chi connectivity index (χ0v) is 14.9. The van der Waals surface area contributed by atoms with Crippen LogP contribution in [0.3, 0.4) is 0 Å². The van der Waals surface area contributed by atoms with Gasteiger partial charge in [0.05, 0.1) is 14.2 Å². The van der Waals surface area contributed by atoms with Crippen LogP contribution in [-0.4, -0.2) is 29.0 Å². The molecular formula is C19H19N3O2S. The molecule has 0 radical (unpaired) electrons. The predicted molar refractivity (Wildman–Crippen MR) is 101 cm³/mol. The van der Waals surface area contributed by atoms with Crippen molar-refractivity contribution < 1.29 is 9.47 Å². The van der Waals surface area contributed by atoms with Crippen molar-refractivity contribution in [2.45, 2.75) is 6.54 Å². The van der Waals surface area contributed by atoms with Gasteiger partial charge < -0.3 is 9.47 Å². The van der Waals surface area contributed by atoms with E-state index < -0.39 is 0 Å². The highest BCUT2D eigenvalue weighted by molar-refractivity contribution is 7.71. The van der Waals surface area contributed by atoms with Gasteiger partial charge in [-0.1, -0.05) is 42.5 Å². The molecule has 0 saturated heterocycles. The van der Waals surface area contributed by atoms with Crippen molar-refractivity contribution in [1.82, 2.24) is 14.8 Å². The summed E-state index contributed by atoms with van der Waals surface area (Å²) >= 11 is 5.37.